The van der Waals surface area contributed by atoms with Gasteiger partial charge in [0.15, 0.2) is 0 Å². The maximum absolute atomic E-state index is 4.49. The van der Waals surface area contributed by atoms with E-state index in [-0.39, 0.29) is 0 Å². The lowest BCUT2D eigenvalue weighted by Crippen LogP contribution is -2.23. The van der Waals surface area contributed by atoms with Gasteiger partial charge in [0, 0.05) is 19.5 Å². The number of nitrogens with one attached hydrogen (secondary N) is 1. The van der Waals surface area contributed by atoms with E-state index in [1.807, 2.05) is 18.7 Å². The largest absolute Gasteiger partial charge is 0.316 e. The maximum Gasteiger partial charge on any atom is 0.0738 e. The molecular weight excluding hydrogens is 314 g/mol. The van der Waals surface area contributed by atoms with Crippen LogP contribution in [-0.4, -0.2) is 22.9 Å². The van der Waals surface area contributed by atoms with Gasteiger partial charge in [0.1, 0.15) is 0 Å². The Hall–Kier alpha value is -1.13. The SMILES string of the molecule is CCNCC(Cc1c(Br)c(C)nn1C)c1ccccc1. The number of aromatic nitrogens is 2. The third kappa shape index (κ3) is 3.49. The van der Waals surface area contributed by atoms with Crippen molar-refractivity contribution in [3.8, 4) is 0 Å². The zero-order valence-electron chi connectivity index (χ0n) is 12.4. The minimum atomic E-state index is 0.460. The highest BCUT2D eigenvalue weighted by atomic mass is 79.9. The Bertz CT molecular complexity index is 548. The fourth-order valence-corrected chi connectivity index (χ4v) is 2.98. The molecule has 1 N–H and O–H groups in total. The van der Waals surface area contributed by atoms with Crippen LogP contribution in [0.3, 0.4) is 0 Å². The van der Waals surface area contributed by atoms with Crippen molar-refractivity contribution in [1.82, 2.24) is 15.1 Å². The van der Waals surface area contributed by atoms with E-state index in [1.165, 1.54) is 11.3 Å². The molecule has 0 radical (unpaired) electrons. The summed E-state index contributed by atoms with van der Waals surface area (Å²) in [6.07, 6.45) is 0.981. The molecule has 0 fully saturated rings. The Morgan fingerprint density at radius 3 is 2.55 bits per heavy atom. The van der Waals surface area contributed by atoms with Gasteiger partial charge in [-0.1, -0.05) is 37.3 Å². The predicted octanol–water partition coefficient (Wildman–Crippen LogP) is 3.43. The molecule has 1 atom stereocenters. The summed E-state index contributed by atoms with van der Waals surface area (Å²) in [5, 5.41) is 7.95. The van der Waals surface area contributed by atoms with Crippen LogP contribution < -0.4 is 5.32 Å². The monoisotopic (exact) mass is 335 g/mol. The topological polar surface area (TPSA) is 29.9 Å². The third-order valence-electron chi connectivity index (χ3n) is 3.61. The van der Waals surface area contributed by atoms with Crippen LogP contribution in [0.1, 0.15) is 29.8 Å². The number of hydrogen-bond donors (Lipinski definition) is 1. The van der Waals surface area contributed by atoms with E-state index in [0.29, 0.717) is 5.92 Å². The highest BCUT2D eigenvalue weighted by molar-refractivity contribution is 9.10. The lowest BCUT2D eigenvalue weighted by Gasteiger charge is -2.18. The maximum atomic E-state index is 4.49. The van der Waals surface area contributed by atoms with Crippen molar-refractivity contribution in [1.29, 1.82) is 0 Å². The van der Waals surface area contributed by atoms with Gasteiger partial charge < -0.3 is 5.32 Å². The molecule has 0 saturated carbocycles. The normalized spacial score (nSPS) is 12.6. The highest BCUT2D eigenvalue weighted by Crippen LogP contribution is 2.27. The van der Waals surface area contributed by atoms with E-state index >= 15 is 0 Å². The van der Waals surface area contributed by atoms with Gasteiger partial charge in [-0.15, -0.1) is 0 Å². The molecule has 1 aromatic carbocycles. The van der Waals surface area contributed by atoms with Gasteiger partial charge in [0.25, 0.3) is 0 Å². The quantitative estimate of drug-likeness (QED) is 0.876. The van der Waals surface area contributed by atoms with Gasteiger partial charge in [-0.3, -0.25) is 4.68 Å². The summed E-state index contributed by atoms with van der Waals surface area (Å²) >= 11 is 3.67. The Balaban J connectivity index is 2.24. The Labute approximate surface area is 129 Å². The number of nitrogens with zero attached hydrogens (tertiary/aromatic N) is 2. The number of likely N-dealkylation sites (N-methyl/N-ethyl adjacent to an activating group) is 1. The molecule has 0 aliphatic rings. The highest BCUT2D eigenvalue weighted by Gasteiger charge is 2.18. The van der Waals surface area contributed by atoms with Crippen molar-refractivity contribution in [2.24, 2.45) is 7.05 Å². The fourth-order valence-electron chi connectivity index (χ4n) is 2.49. The lowest BCUT2D eigenvalue weighted by molar-refractivity contribution is 0.569. The van der Waals surface area contributed by atoms with E-state index < -0.39 is 0 Å². The summed E-state index contributed by atoms with van der Waals surface area (Å²) < 4.78 is 3.12. The summed E-state index contributed by atoms with van der Waals surface area (Å²) in [7, 11) is 2.02. The molecule has 0 saturated heterocycles. The van der Waals surface area contributed by atoms with Crippen LogP contribution in [0.2, 0.25) is 0 Å². The zero-order valence-corrected chi connectivity index (χ0v) is 13.9. The van der Waals surface area contributed by atoms with Crippen LogP contribution in [-0.2, 0) is 13.5 Å². The molecule has 1 unspecified atom stereocenters. The van der Waals surface area contributed by atoms with Gasteiger partial charge >= 0.3 is 0 Å². The molecular formula is C16H22BrN3. The lowest BCUT2D eigenvalue weighted by atomic mass is 9.94. The number of aryl methyl sites for hydroxylation is 2. The smallest absolute Gasteiger partial charge is 0.0738 e. The van der Waals surface area contributed by atoms with Gasteiger partial charge in [-0.05, 0) is 41.4 Å². The first kappa shape index (κ1) is 15.3. The van der Waals surface area contributed by atoms with Crippen LogP contribution in [0.25, 0.3) is 0 Å². The van der Waals surface area contributed by atoms with Crippen molar-refractivity contribution >= 4 is 15.9 Å². The van der Waals surface area contributed by atoms with Crippen LogP contribution in [0.5, 0.6) is 0 Å². The molecule has 0 amide bonds. The molecule has 3 nitrogen and oxygen atoms in total. The van der Waals surface area contributed by atoms with Crippen LogP contribution in [0.15, 0.2) is 34.8 Å². The molecule has 2 aromatic rings. The standard InChI is InChI=1S/C16H22BrN3/c1-4-18-11-14(13-8-6-5-7-9-13)10-15-16(17)12(2)19-20(15)3/h5-9,14,18H,4,10-11H2,1-3H3. The van der Waals surface area contributed by atoms with E-state index in [9.17, 15) is 0 Å². The predicted molar refractivity (Wildman–Crippen MR) is 87.1 cm³/mol. The Morgan fingerprint density at radius 1 is 1.30 bits per heavy atom. The van der Waals surface area contributed by atoms with E-state index in [2.05, 4.69) is 63.6 Å². The summed E-state index contributed by atoms with van der Waals surface area (Å²) in [5.41, 5.74) is 3.69. The zero-order chi connectivity index (χ0) is 14.5. The molecule has 0 aliphatic carbocycles. The van der Waals surface area contributed by atoms with E-state index in [1.54, 1.807) is 0 Å². The van der Waals surface area contributed by atoms with Crippen LogP contribution in [0, 0.1) is 6.92 Å². The minimum Gasteiger partial charge on any atom is -0.316 e. The minimum absolute atomic E-state index is 0.460. The molecule has 0 bridgehead atoms. The van der Waals surface area contributed by atoms with E-state index in [0.717, 1.165) is 29.7 Å². The first-order valence-electron chi connectivity index (χ1n) is 7.07. The molecule has 4 heteroatoms. The molecule has 0 aliphatic heterocycles. The van der Waals surface area contributed by atoms with Crippen LogP contribution >= 0.6 is 15.9 Å². The molecule has 1 heterocycles. The Morgan fingerprint density at radius 2 is 2.00 bits per heavy atom. The van der Waals surface area contributed by atoms with Crippen molar-refractivity contribution in [3.63, 3.8) is 0 Å². The van der Waals surface area contributed by atoms with Gasteiger partial charge in [0.2, 0.25) is 0 Å². The van der Waals surface area contributed by atoms with Crippen molar-refractivity contribution in [3.05, 3.63) is 51.8 Å². The average Bonchev–Trinajstić information content (AvgIpc) is 2.70. The number of rotatable bonds is 6. The summed E-state index contributed by atoms with van der Waals surface area (Å²) in [6, 6.07) is 10.7. The van der Waals surface area contributed by atoms with Gasteiger partial charge in [0.05, 0.1) is 15.9 Å². The van der Waals surface area contributed by atoms with Gasteiger partial charge in [-0.2, -0.15) is 5.10 Å². The summed E-state index contributed by atoms with van der Waals surface area (Å²) in [6.45, 7) is 6.16. The average molecular weight is 336 g/mol. The van der Waals surface area contributed by atoms with Crippen molar-refractivity contribution < 1.29 is 0 Å². The van der Waals surface area contributed by atoms with Crippen LogP contribution in [0.4, 0.5) is 0 Å². The molecule has 0 spiro atoms. The summed E-state index contributed by atoms with van der Waals surface area (Å²) in [4.78, 5) is 0. The molecule has 2 rings (SSSR count). The number of halogens is 1. The summed E-state index contributed by atoms with van der Waals surface area (Å²) in [5.74, 6) is 0.460. The first-order valence-corrected chi connectivity index (χ1v) is 7.86. The van der Waals surface area contributed by atoms with Crippen molar-refractivity contribution in [2.45, 2.75) is 26.2 Å². The number of benzene rings is 1. The van der Waals surface area contributed by atoms with E-state index in [4.69, 9.17) is 0 Å². The first-order chi connectivity index (χ1) is 9.63. The fraction of sp³-hybridized carbons (Fsp3) is 0.438. The molecule has 108 valence electrons. The molecule has 1 aromatic heterocycles. The number of hydrogen-bond acceptors (Lipinski definition) is 2. The molecule has 20 heavy (non-hydrogen) atoms. The second-order valence-corrected chi connectivity index (χ2v) is 5.88. The third-order valence-corrected chi connectivity index (χ3v) is 4.64. The van der Waals surface area contributed by atoms with Gasteiger partial charge in [-0.25, -0.2) is 0 Å². The Kier molecular flexibility index (Phi) is 5.38. The van der Waals surface area contributed by atoms with Crippen molar-refractivity contribution in [2.75, 3.05) is 13.1 Å². The second-order valence-electron chi connectivity index (χ2n) is 5.09. The second kappa shape index (κ2) is 7.04.